The van der Waals surface area contributed by atoms with Gasteiger partial charge in [0.2, 0.25) is 0 Å². The molecule has 2 heterocycles. The second-order valence-corrected chi connectivity index (χ2v) is 10.9. The highest BCUT2D eigenvalue weighted by Crippen LogP contribution is 2.24. The van der Waals surface area contributed by atoms with Gasteiger partial charge in [0, 0.05) is 42.1 Å². The molecule has 0 aliphatic rings. The van der Waals surface area contributed by atoms with Crippen LogP contribution >= 0.6 is 11.3 Å². The molecule has 0 fully saturated rings. The van der Waals surface area contributed by atoms with Crippen molar-refractivity contribution in [3.63, 3.8) is 0 Å². The first-order chi connectivity index (χ1) is 19.9. The SMILES string of the molecule is COc1cccc(CN(CCN)C(=O)c2ccc3c(c2)nc(CCc2ccc(C(=N)N)cc2)n3Cc2cccs2)c1. The number of nitrogen functional groups attached to an aromatic ring is 1. The van der Waals surface area contributed by atoms with Crippen LogP contribution in [0.3, 0.4) is 0 Å². The predicted octanol–water partition coefficient (Wildman–Crippen LogP) is 4.83. The van der Waals surface area contributed by atoms with Crippen LogP contribution in [0.1, 0.15) is 37.7 Å². The Morgan fingerprint density at radius 2 is 1.80 bits per heavy atom. The molecule has 0 bridgehead atoms. The predicted molar refractivity (Wildman–Crippen MR) is 165 cm³/mol. The second-order valence-electron chi connectivity index (χ2n) is 9.87. The summed E-state index contributed by atoms with van der Waals surface area (Å²) in [6.45, 7) is 1.96. The molecule has 2 aromatic heterocycles. The largest absolute Gasteiger partial charge is 0.497 e. The van der Waals surface area contributed by atoms with Crippen LogP contribution < -0.4 is 16.2 Å². The number of nitrogens with two attached hydrogens (primary N) is 2. The van der Waals surface area contributed by atoms with Crippen LogP contribution in [0.25, 0.3) is 11.0 Å². The van der Waals surface area contributed by atoms with Crippen molar-refractivity contribution < 1.29 is 9.53 Å². The number of hydrogen-bond acceptors (Lipinski definition) is 6. The number of aromatic nitrogens is 2. The highest BCUT2D eigenvalue weighted by Gasteiger charge is 2.19. The quantitative estimate of drug-likeness (QED) is 0.148. The lowest BCUT2D eigenvalue weighted by Gasteiger charge is -2.22. The minimum Gasteiger partial charge on any atom is -0.497 e. The molecule has 3 aromatic carbocycles. The summed E-state index contributed by atoms with van der Waals surface area (Å²) < 4.78 is 7.60. The monoisotopic (exact) mass is 566 g/mol. The first kappa shape index (κ1) is 28.1. The third kappa shape index (κ3) is 6.65. The third-order valence-corrected chi connectivity index (χ3v) is 7.93. The lowest BCUT2D eigenvalue weighted by atomic mass is 10.1. The van der Waals surface area contributed by atoms with Gasteiger partial charge >= 0.3 is 0 Å². The molecule has 9 heteroatoms. The Balaban J connectivity index is 1.42. The van der Waals surface area contributed by atoms with Crippen molar-refractivity contribution in [1.29, 1.82) is 5.41 Å². The number of carbonyl (C=O) groups excluding carboxylic acids is 1. The van der Waals surface area contributed by atoms with Gasteiger partial charge in [-0.25, -0.2) is 4.98 Å². The molecule has 0 saturated heterocycles. The van der Waals surface area contributed by atoms with Gasteiger partial charge in [-0.3, -0.25) is 10.2 Å². The maximum Gasteiger partial charge on any atom is 0.254 e. The van der Waals surface area contributed by atoms with Gasteiger partial charge < -0.3 is 25.7 Å². The molecule has 5 aromatic rings. The molecule has 8 nitrogen and oxygen atoms in total. The number of nitrogens with zero attached hydrogens (tertiary/aromatic N) is 3. The molecule has 0 aliphatic carbocycles. The van der Waals surface area contributed by atoms with Gasteiger partial charge in [-0.15, -0.1) is 11.3 Å². The summed E-state index contributed by atoms with van der Waals surface area (Å²) in [4.78, 5) is 21.7. The van der Waals surface area contributed by atoms with E-state index in [0.717, 1.165) is 53.1 Å². The number of nitrogens with one attached hydrogen (secondary N) is 1. The lowest BCUT2D eigenvalue weighted by Crippen LogP contribution is -2.34. The Hall–Kier alpha value is -4.47. The fourth-order valence-corrected chi connectivity index (χ4v) is 5.62. The minimum absolute atomic E-state index is 0.0631. The summed E-state index contributed by atoms with van der Waals surface area (Å²) in [5.41, 5.74) is 16.7. The maximum absolute atomic E-state index is 13.7. The number of imidazole rings is 1. The van der Waals surface area contributed by atoms with E-state index in [1.54, 1.807) is 23.3 Å². The van der Waals surface area contributed by atoms with Gasteiger partial charge in [-0.2, -0.15) is 0 Å². The van der Waals surface area contributed by atoms with Crippen LogP contribution in [0.2, 0.25) is 0 Å². The van der Waals surface area contributed by atoms with E-state index in [2.05, 4.69) is 22.1 Å². The molecule has 41 heavy (non-hydrogen) atoms. The van der Waals surface area contributed by atoms with E-state index >= 15 is 0 Å². The maximum atomic E-state index is 13.7. The molecule has 0 spiro atoms. The normalized spacial score (nSPS) is 11.1. The number of benzene rings is 3. The summed E-state index contributed by atoms with van der Waals surface area (Å²) in [5.74, 6) is 1.69. The first-order valence-corrected chi connectivity index (χ1v) is 14.4. The number of fused-ring (bicyclic) bond motifs is 1. The molecule has 0 atom stereocenters. The number of ether oxygens (including phenoxy) is 1. The van der Waals surface area contributed by atoms with E-state index in [1.807, 2.05) is 66.7 Å². The Bertz CT molecular complexity index is 1640. The Labute approximate surface area is 243 Å². The fraction of sp³-hybridized carbons (Fsp3) is 0.219. The number of amides is 1. The van der Waals surface area contributed by atoms with E-state index in [-0.39, 0.29) is 11.7 Å². The smallest absolute Gasteiger partial charge is 0.254 e. The summed E-state index contributed by atoms with van der Waals surface area (Å²) >= 11 is 1.72. The summed E-state index contributed by atoms with van der Waals surface area (Å²) in [6.07, 6.45) is 1.53. The molecule has 210 valence electrons. The summed E-state index contributed by atoms with van der Waals surface area (Å²) in [7, 11) is 1.63. The van der Waals surface area contributed by atoms with E-state index in [0.29, 0.717) is 30.8 Å². The van der Waals surface area contributed by atoms with Crippen molar-refractivity contribution in [2.75, 3.05) is 20.2 Å². The van der Waals surface area contributed by atoms with Gasteiger partial charge in [0.25, 0.3) is 5.91 Å². The van der Waals surface area contributed by atoms with Crippen LogP contribution in [-0.4, -0.2) is 46.4 Å². The average Bonchev–Trinajstić information content (AvgIpc) is 3.63. The first-order valence-electron chi connectivity index (χ1n) is 13.5. The topological polar surface area (TPSA) is 123 Å². The molecular weight excluding hydrogens is 532 g/mol. The molecule has 5 N–H and O–H groups in total. The lowest BCUT2D eigenvalue weighted by molar-refractivity contribution is 0.0748. The van der Waals surface area contributed by atoms with Crippen LogP contribution in [-0.2, 0) is 25.9 Å². The molecule has 5 rings (SSSR count). The number of methoxy groups -OCH3 is 1. The van der Waals surface area contributed by atoms with Crippen molar-refractivity contribution in [2.24, 2.45) is 11.5 Å². The van der Waals surface area contributed by atoms with Crippen molar-refractivity contribution in [1.82, 2.24) is 14.5 Å². The van der Waals surface area contributed by atoms with Gasteiger partial charge in [0.15, 0.2) is 0 Å². The van der Waals surface area contributed by atoms with Crippen molar-refractivity contribution >= 4 is 34.1 Å². The Morgan fingerprint density at radius 3 is 2.51 bits per heavy atom. The Morgan fingerprint density at radius 1 is 1.00 bits per heavy atom. The highest BCUT2D eigenvalue weighted by atomic mass is 32.1. The number of rotatable bonds is 12. The van der Waals surface area contributed by atoms with Crippen LogP contribution in [0.5, 0.6) is 5.75 Å². The zero-order valence-corrected chi connectivity index (χ0v) is 23.9. The van der Waals surface area contributed by atoms with Crippen LogP contribution in [0.15, 0.2) is 84.2 Å². The molecule has 0 radical (unpaired) electrons. The second kappa shape index (κ2) is 12.8. The number of amidine groups is 1. The van der Waals surface area contributed by atoms with E-state index in [9.17, 15) is 4.79 Å². The summed E-state index contributed by atoms with van der Waals surface area (Å²) in [5, 5.41) is 9.70. The molecule has 0 aliphatic heterocycles. The minimum atomic E-state index is -0.0833. The van der Waals surface area contributed by atoms with Crippen LogP contribution in [0, 0.1) is 5.41 Å². The van der Waals surface area contributed by atoms with Crippen molar-refractivity contribution in [3.05, 3.63) is 117 Å². The zero-order chi connectivity index (χ0) is 28.8. The van der Waals surface area contributed by atoms with E-state index in [1.165, 1.54) is 4.88 Å². The molecule has 0 unspecified atom stereocenters. The number of carbonyl (C=O) groups is 1. The standard InChI is InChI=1S/C32H34N6O2S/c1-40-26-5-2-4-23(18-26)20-37(16-15-33)32(39)25-12-13-29-28(19-25)36-30(38(29)21-27-6-3-17-41-27)14-9-22-7-10-24(11-8-22)31(34)35/h2-8,10-13,17-19H,9,14-16,20-21,33H2,1H3,(H3,34,35). The average molecular weight is 567 g/mol. The highest BCUT2D eigenvalue weighted by molar-refractivity contribution is 7.09. The zero-order valence-electron chi connectivity index (χ0n) is 23.0. The van der Waals surface area contributed by atoms with Gasteiger partial charge in [0.1, 0.15) is 17.4 Å². The summed E-state index contributed by atoms with van der Waals surface area (Å²) in [6, 6.07) is 25.5. The Kier molecular flexibility index (Phi) is 8.76. The third-order valence-electron chi connectivity index (χ3n) is 7.06. The van der Waals surface area contributed by atoms with Gasteiger partial charge in [-0.05, 0) is 59.3 Å². The van der Waals surface area contributed by atoms with Gasteiger partial charge in [-0.1, -0.05) is 42.5 Å². The van der Waals surface area contributed by atoms with E-state index in [4.69, 9.17) is 26.6 Å². The van der Waals surface area contributed by atoms with Crippen LogP contribution in [0.4, 0.5) is 0 Å². The van der Waals surface area contributed by atoms with Gasteiger partial charge in [0.05, 0.1) is 24.7 Å². The number of aryl methyl sites for hydroxylation is 2. The fourth-order valence-electron chi connectivity index (χ4n) is 4.93. The molecule has 1 amide bonds. The molecule has 0 saturated carbocycles. The van der Waals surface area contributed by atoms with Crippen molar-refractivity contribution in [2.45, 2.75) is 25.9 Å². The van der Waals surface area contributed by atoms with E-state index < -0.39 is 0 Å². The number of thiophene rings is 1. The number of hydrogen-bond donors (Lipinski definition) is 3. The van der Waals surface area contributed by atoms with Crippen molar-refractivity contribution in [3.8, 4) is 5.75 Å². The molecular formula is C32H34N6O2S.